The molecule has 0 aliphatic heterocycles. The monoisotopic (exact) mass is 305 g/mol. The van der Waals surface area contributed by atoms with Gasteiger partial charge in [-0.1, -0.05) is 38.5 Å². The van der Waals surface area contributed by atoms with Crippen LogP contribution in [0.15, 0.2) is 24.3 Å². The lowest BCUT2D eigenvalue weighted by atomic mass is 9.91. The maximum atomic E-state index is 9.46. The molecule has 0 saturated heterocycles. The first-order valence-corrected chi connectivity index (χ1v) is 8.01. The van der Waals surface area contributed by atoms with E-state index in [2.05, 4.69) is 32.7 Å². The predicted molar refractivity (Wildman–Crippen MR) is 87.1 cm³/mol. The molecular weight excluding hydrogens is 282 g/mol. The number of nitrogens with zero attached hydrogens (tertiary/aromatic N) is 1. The molecule has 3 nitrogen and oxygen atoms in total. The second-order valence-electron chi connectivity index (χ2n) is 6.20. The Bertz CT molecular complexity index is 582. The van der Waals surface area contributed by atoms with E-state index in [1.165, 1.54) is 5.56 Å². The number of hydrogen-bond donors (Lipinski definition) is 1. The van der Waals surface area contributed by atoms with Crippen molar-refractivity contribution in [3.8, 4) is 5.75 Å². The summed E-state index contributed by atoms with van der Waals surface area (Å²) in [5.74, 6) is 0.885. The van der Waals surface area contributed by atoms with Gasteiger partial charge >= 0.3 is 0 Å². The zero-order valence-electron chi connectivity index (χ0n) is 13.1. The molecule has 0 fully saturated rings. The van der Waals surface area contributed by atoms with Crippen LogP contribution in [0.4, 0.5) is 0 Å². The van der Waals surface area contributed by atoms with Gasteiger partial charge in [-0.25, -0.2) is 4.98 Å². The third-order valence-corrected chi connectivity index (χ3v) is 4.30. The smallest absolute Gasteiger partial charge is 0.119 e. The molecule has 0 aliphatic rings. The fraction of sp³-hybridized carbons (Fsp3) is 0.471. The number of rotatable bonds is 5. The zero-order chi connectivity index (χ0) is 15.5. The van der Waals surface area contributed by atoms with Crippen molar-refractivity contribution in [3.63, 3.8) is 0 Å². The van der Waals surface area contributed by atoms with Gasteiger partial charge in [0.05, 0.1) is 28.8 Å². The topological polar surface area (TPSA) is 42.4 Å². The molecular formula is C17H23NO2S. The van der Waals surface area contributed by atoms with Crippen molar-refractivity contribution in [2.24, 2.45) is 0 Å². The van der Waals surface area contributed by atoms with Gasteiger partial charge in [0.2, 0.25) is 0 Å². The minimum absolute atomic E-state index is 0.0371. The molecule has 2 rings (SSSR count). The van der Waals surface area contributed by atoms with Gasteiger partial charge < -0.3 is 9.84 Å². The summed E-state index contributed by atoms with van der Waals surface area (Å²) >= 11 is 1.58. The molecule has 114 valence electrons. The molecule has 0 unspecified atom stereocenters. The number of aromatic nitrogens is 1. The van der Waals surface area contributed by atoms with Gasteiger partial charge in [-0.2, -0.15) is 0 Å². The second kappa shape index (κ2) is 6.58. The summed E-state index contributed by atoms with van der Waals surface area (Å²) < 4.78 is 5.74. The lowest BCUT2D eigenvalue weighted by molar-refractivity contribution is 0.282. The Morgan fingerprint density at radius 3 is 2.38 bits per heavy atom. The number of hydrogen-bond acceptors (Lipinski definition) is 4. The fourth-order valence-electron chi connectivity index (χ4n) is 2.09. The molecule has 2 aromatic rings. The van der Waals surface area contributed by atoms with Gasteiger partial charge in [0.1, 0.15) is 5.75 Å². The summed E-state index contributed by atoms with van der Waals surface area (Å²) in [5, 5.41) is 10.5. The maximum Gasteiger partial charge on any atom is 0.119 e. The van der Waals surface area contributed by atoms with Crippen LogP contribution >= 0.6 is 11.3 Å². The fourth-order valence-corrected chi connectivity index (χ4v) is 3.21. The first kappa shape index (κ1) is 16.0. The third kappa shape index (κ3) is 4.29. The van der Waals surface area contributed by atoms with Crippen LogP contribution < -0.4 is 4.74 Å². The first-order chi connectivity index (χ1) is 9.90. The van der Waals surface area contributed by atoms with E-state index in [1.54, 1.807) is 11.3 Å². The molecule has 0 radical (unpaired) electrons. The Morgan fingerprint density at radius 2 is 1.86 bits per heavy atom. The summed E-state index contributed by atoms with van der Waals surface area (Å²) in [4.78, 5) is 5.64. The van der Waals surface area contributed by atoms with E-state index < -0.39 is 0 Å². The molecule has 0 spiro atoms. The molecule has 21 heavy (non-hydrogen) atoms. The van der Waals surface area contributed by atoms with Crippen molar-refractivity contribution < 1.29 is 9.84 Å². The standard InChI is InChI=1S/C17H23NO2S/c1-12-5-7-13(8-6-12)20-10-9-15-18-16(17(2,3)4)14(11-19)21-15/h5-8,19H,9-11H2,1-4H3. The van der Waals surface area contributed by atoms with Crippen LogP contribution in [-0.4, -0.2) is 16.7 Å². The van der Waals surface area contributed by atoms with Crippen molar-refractivity contribution in [3.05, 3.63) is 45.4 Å². The van der Waals surface area contributed by atoms with E-state index in [0.29, 0.717) is 6.61 Å². The molecule has 0 atom stereocenters. The van der Waals surface area contributed by atoms with Gasteiger partial charge in [0.15, 0.2) is 0 Å². The molecule has 1 N–H and O–H groups in total. The minimum atomic E-state index is -0.0371. The van der Waals surface area contributed by atoms with E-state index >= 15 is 0 Å². The Labute approximate surface area is 130 Å². The molecule has 1 heterocycles. The van der Waals surface area contributed by atoms with Crippen LogP contribution in [0.5, 0.6) is 5.75 Å². The molecule has 4 heteroatoms. The molecule has 0 bridgehead atoms. The number of thiazole rings is 1. The minimum Gasteiger partial charge on any atom is -0.493 e. The van der Waals surface area contributed by atoms with E-state index in [4.69, 9.17) is 4.74 Å². The highest BCUT2D eigenvalue weighted by Gasteiger charge is 2.22. The first-order valence-electron chi connectivity index (χ1n) is 7.19. The second-order valence-corrected chi connectivity index (χ2v) is 7.37. The highest BCUT2D eigenvalue weighted by Crippen LogP contribution is 2.29. The van der Waals surface area contributed by atoms with Crippen LogP contribution in [0.3, 0.4) is 0 Å². The zero-order valence-corrected chi connectivity index (χ0v) is 14.0. The van der Waals surface area contributed by atoms with Crippen molar-refractivity contribution >= 4 is 11.3 Å². The number of ether oxygens (including phenoxy) is 1. The summed E-state index contributed by atoms with van der Waals surface area (Å²) in [7, 11) is 0. The Kier molecular flexibility index (Phi) is 5.01. The van der Waals surface area contributed by atoms with E-state index in [0.717, 1.165) is 27.7 Å². The summed E-state index contributed by atoms with van der Waals surface area (Å²) in [6.07, 6.45) is 0.765. The Morgan fingerprint density at radius 1 is 1.19 bits per heavy atom. The Balaban J connectivity index is 1.97. The lowest BCUT2D eigenvalue weighted by Gasteiger charge is -2.16. The highest BCUT2D eigenvalue weighted by atomic mass is 32.1. The third-order valence-electron chi connectivity index (χ3n) is 3.20. The van der Waals surface area contributed by atoms with E-state index in [-0.39, 0.29) is 12.0 Å². The quantitative estimate of drug-likeness (QED) is 0.912. The van der Waals surface area contributed by atoms with Gasteiger partial charge in [0.25, 0.3) is 0 Å². The predicted octanol–water partition coefficient (Wildman–Crippen LogP) is 3.86. The highest BCUT2D eigenvalue weighted by molar-refractivity contribution is 7.11. The molecule has 0 saturated carbocycles. The summed E-state index contributed by atoms with van der Waals surface area (Å²) in [6, 6.07) is 8.05. The Hall–Kier alpha value is -1.39. The SMILES string of the molecule is Cc1ccc(OCCc2nc(C(C)(C)C)c(CO)s2)cc1. The summed E-state index contributed by atoms with van der Waals surface area (Å²) in [5.41, 5.74) is 2.19. The largest absolute Gasteiger partial charge is 0.493 e. The van der Waals surface area contributed by atoms with Crippen LogP contribution in [-0.2, 0) is 18.4 Å². The number of aryl methyl sites for hydroxylation is 1. The van der Waals surface area contributed by atoms with Gasteiger partial charge in [-0.15, -0.1) is 11.3 Å². The summed E-state index contributed by atoms with van der Waals surface area (Å²) in [6.45, 7) is 9.08. The van der Waals surface area contributed by atoms with E-state index in [1.807, 2.05) is 24.3 Å². The van der Waals surface area contributed by atoms with Crippen LogP contribution in [0.2, 0.25) is 0 Å². The average Bonchev–Trinajstić information content (AvgIpc) is 2.84. The van der Waals surface area contributed by atoms with Gasteiger partial charge in [-0.3, -0.25) is 0 Å². The van der Waals surface area contributed by atoms with Crippen molar-refractivity contribution in [1.82, 2.24) is 4.98 Å². The van der Waals surface area contributed by atoms with Crippen molar-refractivity contribution in [2.45, 2.75) is 46.1 Å². The van der Waals surface area contributed by atoms with Gasteiger partial charge in [-0.05, 0) is 19.1 Å². The number of aliphatic hydroxyl groups excluding tert-OH is 1. The van der Waals surface area contributed by atoms with Crippen LogP contribution in [0.25, 0.3) is 0 Å². The number of aliphatic hydroxyl groups is 1. The van der Waals surface area contributed by atoms with Crippen molar-refractivity contribution in [2.75, 3.05) is 6.61 Å². The molecule has 0 amide bonds. The van der Waals surface area contributed by atoms with Crippen LogP contribution in [0.1, 0.15) is 41.9 Å². The van der Waals surface area contributed by atoms with Crippen molar-refractivity contribution in [1.29, 1.82) is 0 Å². The van der Waals surface area contributed by atoms with Crippen LogP contribution in [0, 0.1) is 6.92 Å². The van der Waals surface area contributed by atoms with E-state index in [9.17, 15) is 5.11 Å². The maximum absolute atomic E-state index is 9.46. The number of benzene rings is 1. The van der Waals surface area contributed by atoms with Gasteiger partial charge in [0, 0.05) is 11.8 Å². The lowest BCUT2D eigenvalue weighted by Crippen LogP contribution is -2.14. The average molecular weight is 305 g/mol. The molecule has 1 aromatic heterocycles. The molecule has 1 aromatic carbocycles. The normalized spacial score (nSPS) is 11.7. The molecule has 0 aliphatic carbocycles.